The first kappa shape index (κ1) is 13.1. The third kappa shape index (κ3) is 3.11. The fraction of sp³-hybridized carbons (Fsp3) is 0.385. The maximum Gasteiger partial charge on any atom is 0.151 e. The summed E-state index contributed by atoms with van der Waals surface area (Å²) in [5.74, 6) is 0.411. The highest BCUT2D eigenvalue weighted by Gasteiger charge is 2.06. The van der Waals surface area contributed by atoms with E-state index in [9.17, 15) is 8.42 Å². The monoisotopic (exact) mass is 266 g/mol. The van der Waals surface area contributed by atoms with E-state index in [4.69, 9.17) is 0 Å². The second kappa shape index (κ2) is 5.54. The zero-order valence-corrected chi connectivity index (χ0v) is 11.3. The van der Waals surface area contributed by atoms with Gasteiger partial charge in [0.2, 0.25) is 0 Å². The molecule has 1 aromatic carbocycles. The van der Waals surface area contributed by atoms with Crippen molar-refractivity contribution in [3.8, 4) is 0 Å². The molecule has 2 rings (SSSR count). The molecule has 98 valence electrons. The van der Waals surface area contributed by atoms with Gasteiger partial charge < -0.3 is 10.3 Å². The van der Waals surface area contributed by atoms with Crippen LogP contribution < -0.4 is 5.32 Å². The fourth-order valence-electron chi connectivity index (χ4n) is 1.90. The molecule has 0 fully saturated rings. The van der Waals surface area contributed by atoms with Crippen LogP contribution in [0.1, 0.15) is 12.5 Å². The zero-order valence-electron chi connectivity index (χ0n) is 10.4. The molecule has 0 unspecified atom stereocenters. The van der Waals surface area contributed by atoms with Crippen molar-refractivity contribution in [1.82, 2.24) is 10.3 Å². The topological polar surface area (TPSA) is 62.0 Å². The number of aromatic amines is 1. The van der Waals surface area contributed by atoms with Gasteiger partial charge in [-0.15, -0.1) is 0 Å². The molecule has 0 atom stereocenters. The van der Waals surface area contributed by atoms with E-state index < -0.39 is 9.84 Å². The van der Waals surface area contributed by atoms with Gasteiger partial charge in [-0.2, -0.15) is 0 Å². The zero-order chi connectivity index (χ0) is 13.0. The molecule has 0 saturated heterocycles. The first-order chi connectivity index (χ1) is 8.62. The van der Waals surface area contributed by atoms with Crippen LogP contribution in [0.15, 0.2) is 30.5 Å². The number of H-pyrrole nitrogens is 1. The Bertz CT molecular complexity index is 617. The Morgan fingerprint density at radius 2 is 2.11 bits per heavy atom. The van der Waals surface area contributed by atoms with Gasteiger partial charge >= 0.3 is 0 Å². The molecule has 0 amide bonds. The number of hydrogen-bond donors (Lipinski definition) is 2. The average molecular weight is 266 g/mol. The summed E-state index contributed by atoms with van der Waals surface area (Å²) in [6, 6.07) is 8.12. The van der Waals surface area contributed by atoms with Gasteiger partial charge in [0, 0.05) is 35.9 Å². The largest absolute Gasteiger partial charge is 0.361 e. The van der Waals surface area contributed by atoms with E-state index in [1.807, 2.05) is 24.4 Å². The van der Waals surface area contributed by atoms with Crippen molar-refractivity contribution in [2.75, 3.05) is 18.1 Å². The lowest BCUT2D eigenvalue weighted by Gasteiger charge is -2.06. The summed E-state index contributed by atoms with van der Waals surface area (Å²) in [6.45, 7) is 2.86. The summed E-state index contributed by atoms with van der Waals surface area (Å²) < 4.78 is 22.7. The lowest BCUT2D eigenvalue weighted by Crippen LogP contribution is -2.23. The van der Waals surface area contributed by atoms with Crippen LogP contribution in [0.4, 0.5) is 0 Å². The van der Waals surface area contributed by atoms with E-state index in [2.05, 4.69) is 16.4 Å². The Morgan fingerprint density at radius 3 is 2.89 bits per heavy atom. The third-order valence-electron chi connectivity index (χ3n) is 3.03. The van der Waals surface area contributed by atoms with Gasteiger partial charge in [-0.1, -0.05) is 19.1 Å². The number of hydrogen-bond acceptors (Lipinski definition) is 3. The first-order valence-corrected chi connectivity index (χ1v) is 7.90. The van der Waals surface area contributed by atoms with Crippen molar-refractivity contribution in [2.24, 2.45) is 0 Å². The molecule has 0 aliphatic rings. The number of nitrogens with one attached hydrogen (secondary N) is 2. The highest BCUT2D eigenvalue weighted by molar-refractivity contribution is 7.91. The number of rotatable bonds is 6. The molecule has 0 spiro atoms. The first-order valence-electron chi connectivity index (χ1n) is 6.08. The molecule has 5 heteroatoms. The van der Waals surface area contributed by atoms with Crippen molar-refractivity contribution < 1.29 is 8.42 Å². The molecule has 2 aromatic rings. The second-order valence-electron chi connectivity index (χ2n) is 4.27. The van der Waals surface area contributed by atoms with Gasteiger partial charge in [0.1, 0.15) is 0 Å². The molecule has 1 aromatic heterocycles. The fourth-order valence-corrected chi connectivity index (χ4v) is 2.64. The summed E-state index contributed by atoms with van der Waals surface area (Å²) in [5.41, 5.74) is 2.29. The van der Waals surface area contributed by atoms with Crippen molar-refractivity contribution in [3.63, 3.8) is 0 Å². The van der Waals surface area contributed by atoms with Crippen LogP contribution >= 0.6 is 0 Å². The molecule has 0 saturated carbocycles. The molecule has 1 heterocycles. The van der Waals surface area contributed by atoms with Crippen LogP contribution in [-0.4, -0.2) is 31.5 Å². The molecule has 18 heavy (non-hydrogen) atoms. The molecule has 0 aliphatic heterocycles. The van der Waals surface area contributed by atoms with Crippen molar-refractivity contribution in [2.45, 2.75) is 13.5 Å². The van der Waals surface area contributed by atoms with E-state index in [1.54, 1.807) is 6.92 Å². The summed E-state index contributed by atoms with van der Waals surface area (Å²) >= 11 is 0. The lowest BCUT2D eigenvalue weighted by atomic mass is 10.1. The third-order valence-corrected chi connectivity index (χ3v) is 4.74. The Balaban J connectivity index is 1.93. The van der Waals surface area contributed by atoms with Crippen LogP contribution in [0.3, 0.4) is 0 Å². The predicted octanol–water partition coefficient (Wildman–Crippen LogP) is 1.69. The molecule has 2 N–H and O–H groups in total. The summed E-state index contributed by atoms with van der Waals surface area (Å²) in [5, 5.41) is 4.36. The Morgan fingerprint density at radius 1 is 1.28 bits per heavy atom. The number of benzene rings is 1. The van der Waals surface area contributed by atoms with Crippen LogP contribution in [0, 0.1) is 0 Å². The van der Waals surface area contributed by atoms with Crippen molar-refractivity contribution in [3.05, 3.63) is 36.0 Å². The molecule has 0 bridgehead atoms. The maximum atomic E-state index is 11.3. The molecule has 0 aliphatic carbocycles. The van der Waals surface area contributed by atoms with Crippen molar-refractivity contribution >= 4 is 20.7 Å². The predicted molar refractivity (Wildman–Crippen MR) is 74.3 cm³/mol. The number of sulfone groups is 1. The molecule has 0 radical (unpaired) electrons. The minimum Gasteiger partial charge on any atom is -0.361 e. The minimum absolute atomic E-state index is 0.201. The summed E-state index contributed by atoms with van der Waals surface area (Å²) in [7, 11) is -2.87. The molecular weight excluding hydrogens is 248 g/mol. The lowest BCUT2D eigenvalue weighted by molar-refractivity contribution is 0.592. The Labute approximate surface area is 107 Å². The van der Waals surface area contributed by atoms with Crippen LogP contribution in [0.5, 0.6) is 0 Å². The van der Waals surface area contributed by atoms with Gasteiger partial charge in [0.05, 0.1) is 5.75 Å². The van der Waals surface area contributed by atoms with Crippen molar-refractivity contribution in [1.29, 1.82) is 0 Å². The maximum absolute atomic E-state index is 11.3. The van der Waals surface area contributed by atoms with Gasteiger partial charge in [-0.25, -0.2) is 8.42 Å². The van der Waals surface area contributed by atoms with Gasteiger partial charge in [-0.3, -0.25) is 0 Å². The molecular formula is C13H18N2O2S. The van der Waals surface area contributed by atoms with E-state index in [0.29, 0.717) is 13.1 Å². The van der Waals surface area contributed by atoms with Gasteiger partial charge in [-0.05, 0) is 17.7 Å². The SMILES string of the molecule is CCS(=O)(=O)CCNCc1cccc2[nH]ccc12. The Hall–Kier alpha value is -1.33. The van der Waals surface area contributed by atoms with Gasteiger partial charge in [0.15, 0.2) is 9.84 Å². The summed E-state index contributed by atoms with van der Waals surface area (Å²) in [6.07, 6.45) is 1.91. The van der Waals surface area contributed by atoms with E-state index in [1.165, 1.54) is 10.9 Å². The highest BCUT2D eigenvalue weighted by atomic mass is 32.2. The van der Waals surface area contributed by atoms with Crippen LogP contribution in [-0.2, 0) is 16.4 Å². The quantitative estimate of drug-likeness (QED) is 0.782. The normalized spacial score (nSPS) is 12.1. The van der Waals surface area contributed by atoms with Gasteiger partial charge in [0.25, 0.3) is 0 Å². The Kier molecular flexibility index (Phi) is 4.04. The van der Waals surface area contributed by atoms with Crippen LogP contribution in [0.2, 0.25) is 0 Å². The molecule has 4 nitrogen and oxygen atoms in total. The average Bonchev–Trinajstić information content (AvgIpc) is 2.83. The van der Waals surface area contributed by atoms with E-state index in [0.717, 1.165) is 5.52 Å². The standard InChI is InChI=1S/C13H18N2O2S/c1-2-18(16,17)9-8-14-10-11-4-3-5-13-12(11)6-7-15-13/h3-7,14-15H,2,8-10H2,1H3. The number of aromatic nitrogens is 1. The van der Waals surface area contributed by atoms with E-state index in [-0.39, 0.29) is 11.5 Å². The summed E-state index contributed by atoms with van der Waals surface area (Å²) in [4.78, 5) is 3.16. The number of fused-ring (bicyclic) bond motifs is 1. The van der Waals surface area contributed by atoms with Crippen LogP contribution in [0.25, 0.3) is 10.9 Å². The minimum atomic E-state index is -2.87. The smallest absolute Gasteiger partial charge is 0.151 e. The highest BCUT2D eigenvalue weighted by Crippen LogP contribution is 2.16. The van der Waals surface area contributed by atoms with E-state index >= 15 is 0 Å². The second-order valence-corrected chi connectivity index (χ2v) is 6.74.